The van der Waals surface area contributed by atoms with Crippen molar-refractivity contribution in [3.63, 3.8) is 0 Å². The van der Waals surface area contributed by atoms with Crippen LogP contribution in [0.1, 0.15) is 16.0 Å². The molecular weight excluding hydrogens is 351 g/mol. The monoisotopic (exact) mass is 362 g/mol. The maximum Gasteiger partial charge on any atom is 0.129 e. The molecule has 0 aliphatic heterocycles. The van der Waals surface area contributed by atoms with E-state index in [1.807, 2.05) is 12.1 Å². The van der Waals surface area contributed by atoms with Gasteiger partial charge in [-0.05, 0) is 34.9 Å². The number of fused-ring (bicyclic) bond motifs is 1. The molecule has 21 heavy (non-hydrogen) atoms. The molecule has 0 aromatic heterocycles. The zero-order chi connectivity index (χ0) is 14.8. The minimum Gasteiger partial charge on any atom is -0.207 e. The summed E-state index contributed by atoms with van der Waals surface area (Å²) in [6, 6.07) is 19.4. The zero-order valence-corrected chi connectivity index (χ0v) is 13.5. The fourth-order valence-corrected chi connectivity index (χ4v) is 3.34. The van der Waals surface area contributed by atoms with Gasteiger partial charge in [-0.25, -0.2) is 4.39 Å². The third-order valence-corrected chi connectivity index (χ3v) is 4.58. The molecule has 0 radical (unpaired) electrons. The van der Waals surface area contributed by atoms with Crippen molar-refractivity contribution in [1.29, 1.82) is 0 Å². The van der Waals surface area contributed by atoms with Crippen LogP contribution in [0.3, 0.4) is 0 Å². The summed E-state index contributed by atoms with van der Waals surface area (Å²) in [6.45, 7) is 0. The first-order valence-electron chi connectivity index (χ1n) is 6.70. The fourth-order valence-electron chi connectivity index (χ4n) is 2.44. The van der Waals surface area contributed by atoms with E-state index in [2.05, 4.69) is 46.3 Å². The van der Waals surface area contributed by atoms with E-state index < -0.39 is 0 Å². The van der Waals surface area contributed by atoms with Crippen molar-refractivity contribution in [2.24, 2.45) is 0 Å². The van der Waals surface area contributed by atoms with Crippen LogP contribution in [0.5, 0.6) is 0 Å². The van der Waals surface area contributed by atoms with Crippen molar-refractivity contribution >= 4 is 38.3 Å². The van der Waals surface area contributed by atoms with Gasteiger partial charge in [0.25, 0.3) is 0 Å². The Morgan fingerprint density at radius 3 is 2.48 bits per heavy atom. The molecule has 3 aromatic rings. The van der Waals surface area contributed by atoms with E-state index in [4.69, 9.17) is 11.6 Å². The maximum absolute atomic E-state index is 13.9. The largest absolute Gasteiger partial charge is 0.207 e. The first-order chi connectivity index (χ1) is 10.1. The van der Waals surface area contributed by atoms with Gasteiger partial charge in [-0.15, -0.1) is 0 Å². The number of halogens is 3. The summed E-state index contributed by atoms with van der Waals surface area (Å²) >= 11 is 9.37. The molecule has 3 aromatic carbocycles. The molecule has 0 nitrogen and oxygen atoms in total. The Kier molecular flexibility index (Phi) is 4.27. The lowest BCUT2D eigenvalue weighted by Gasteiger charge is -2.12. The van der Waals surface area contributed by atoms with Crippen LogP contribution in [0, 0.1) is 5.82 Å². The molecule has 0 bridgehead atoms. The third-order valence-electron chi connectivity index (χ3n) is 3.53. The number of alkyl halides is 1. The normalized spacial score (nSPS) is 12.5. The van der Waals surface area contributed by atoms with Crippen LogP contribution < -0.4 is 0 Å². The Morgan fingerprint density at radius 1 is 0.952 bits per heavy atom. The van der Waals surface area contributed by atoms with Gasteiger partial charge in [-0.2, -0.15) is 0 Å². The minimum absolute atomic E-state index is 0.0732. The molecular formula is C18H13BrClF. The summed E-state index contributed by atoms with van der Waals surface area (Å²) in [6.07, 6.45) is 0.726. The van der Waals surface area contributed by atoms with Crippen LogP contribution in [0.2, 0.25) is 5.02 Å². The van der Waals surface area contributed by atoms with Gasteiger partial charge in [0.1, 0.15) is 5.82 Å². The fraction of sp³-hybridized carbons (Fsp3) is 0.111. The van der Waals surface area contributed by atoms with Gasteiger partial charge in [0.2, 0.25) is 0 Å². The SMILES string of the molecule is Fc1cc(Cl)ccc1C(Br)Cc1ccc2ccccc2c1. The van der Waals surface area contributed by atoms with Gasteiger partial charge in [-0.1, -0.05) is 76.1 Å². The average Bonchev–Trinajstić information content (AvgIpc) is 2.47. The molecule has 0 spiro atoms. The van der Waals surface area contributed by atoms with Crippen LogP contribution in [0.25, 0.3) is 10.8 Å². The number of rotatable bonds is 3. The van der Waals surface area contributed by atoms with E-state index in [9.17, 15) is 4.39 Å². The first-order valence-corrected chi connectivity index (χ1v) is 7.99. The second kappa shape index (κ2) is 6.17. The summed E-state index contributed by atoms with van der Waals surface area (Å²) in [5, 5.41) is 2.83. The van der Waals surface area contributed by atoms with E-state index in [0.717, 1.165) is 6.42 Å². The molecule has 1 atom stereocenters. The topological polar surface area (TPSA) is 0 Å². The lowest BCUT2D eigenvalue weighted by Crippen LogP contribution is -1.98. The Balaban J connectivity index is 1.87. The number of benzene rings is 3. The lowest BCUT2D eigenvalue weighted by atomic mass is 10.0. The second-order valence-corrected chi connectivity index (χ2v) is 6.56. The summed E-state index contributed by atoms with van der Waals surface area (Å²) in [5.41, 5.74) is 1.80. The van der Waals surface area contributed by atoms with Crippen LogP contribution in [-0.4, -0.2) is 0 Å². The Morgan fingerprint density at radius 2 is 1.71 bits per heavy atom. The molecule has 0 heterocycles. The highest BCUT2D eigenvalue weighted by atomic mass is 79.9. The van der Waals surface area contributed by atoms with Crippen molar-refractivity contribution in [3.8, 4) is 0 Å². The second-order valence-electron chi connectivity index (χ2n) is 5.02. The van der Waals surface area contributed by atoms with Gasteiger partial charge in [0.15, 0.2) is 0 Å². The van der Waals surface area contributed by atoms with Gasteiger partial charge in [-0.3, -0.25) is 0 Å². The number of hydrogen-bond acceptors (Lipinski definition) is 0. The Labute approximate surface area is 136 Å². The summed E-state index contributed by atoms with van der Waals surface area (Å²) < 4.78 is 13.9. The van der Waals surface area contributed by atoms with Gasteiger partial charge < -0.3 is 0 Å². The van der Waals surface area contributed by atoms with Crippen molar-refractivity contribution in [2.75, 3.05) is 0 Å². The smallest absolute Gasteiger partial charge is 0.129 e. The molecule has 1 unspecified atom stereocenters. The standard InChI is InChI=1S/C18H13BrClF/c19-17(16-8-7-15(20)11-18(16)21)10-12-5-6-13-3-1-2-4-14(13)9-12/h1-9,11,17H,10H2. The highest BCUT2D eigenvalue weighted by molar-refractivity contribution is 9.09. The number of hydrogen-bond donors (Lipinski definition) is 0. The van der Waals surface area contributed by atoms with Crippen LogP contribution in [0.15, 0.2) is 60.7 Å². The van der Waals surface area contributed by atoms with Gasteiger partial charge in [0.05, 0.1) is 0 Å². The van der Waals surface area contributed by atoms with E-state index in [0.29, 0.717) is 10.6 Å². The highest BCUT2D eigenvalue weighted by Crippen LogP contribution is 2.31. The van der Waals surface area contributed by atoms with Crippen molar-refractivity contribution in [2.45, 2.75) is 11.2 Å². The molecule has 106 valence electrons. The maximum atomic E-state index is 13.9. The highest BCUT2D eigenvalue weighted by Gasteiger charge is 2.13. The first kappa shape index (κ1) is 14.6. The third kappa shape index (κ3) is 3.28. The van der Waals surface area contributed by atoms with E-state index in [1.54, 1.807) is 12.1 Å². The molecule has 0 saturated heterocycles. The minimum atomic E-state index is -0.273. The Hall–Kier alpha value is -1.38. The summed E-state index contributed by atoms with van der Waals surface area (Å²) in [5.74, 6) is -0.273. The van der Waals surface area contributed by atoms with Crippen LogP contribution >= 0.6 is 27.5 Å². The van der Waals surface area contributed by atoms with Crippen molar-refractivity contribution < 1.29 is 4.39 Å². The Bertz CT molecular complexity index is 785. The van der Waals surface area contributed by atoms with Gasteiger partial charge in [0, 0.05) is 15.4 Å². The molecule has 0 aliphatic rings. The van der Waals surface area contributed by atoms with Gasteiger partial charge >= 0.3 is 0 Å². The van der Waals surface area contributed by atoms with E-state index in [-0.39, 0.29) is 10.6 Å². The zero-order valence-electron chi connectivity index (χ0n) is 11.2. The molecule has 0 fully saturated rings. The predicted octanol–water partition coefficient (Wildman–Crippen LogP) is 6.31. The molecule has 0 N–H and O–H groups in total. The summed E-state index contributed by atoms with van der Waals surface area (Å²) in [4.78, 5) is -0.0732. The molecule has 0 saturated carbocycles. The van der Waals surface area contributed by atoms with Crippen molar-refractivity contribution in [3.05, 3.63) is 82.6 Å². The molecule has 3 rings (SSSR count). The van der Waals surface area contributed by atoms with Crippen LogP contribution in [-0.2, 0) is 6.42 Å². The molecule has 3 heteroatoms. The molecule has 0 aliphatic carbocycles. The van der Waals surface area contributed by atoms with Crippen LogP contribution in [0.4, 0.5) is 4.39 Å². The van der Waals surface area contributed by atoms with Crippen molar-refractivity contribution in [1.82, 2.24) is 0 Å². The van der Waals surface area contributed by atoms with E-state index in [1.165, 1.54) is 22.4 Å². The molecule has 0 amide bonds. The quantitative estimate of drug-likeness (QED) is 0.478. The van der Waals surface area contributed by atoms with E-state index >= 15 is 0 Å². The summed E-state index contributed by atoms with van der Waals surface area (Å²) in [7, 11) is 0. The lowest BCUT2D eigenvalue weighted by molar-refractivity contribution is 0.608. The predicted molar refractivity (Wildman–Crippen MR) is 90.7 cm³/mol. The average molecular weight is 364 g/mol.